The summed E-state index contributed by atoms with van der Waals surface area (Å²) in [7, 11) is 1.74. The van der Waals surface area contributed by atoms with Crippen LogP contribution in [0.4, 0.5) is 5.69 Å². The fraction of sp³-hybridized carbons (Fsp3) is 0.360. The average Bonchev–Trinajstić information content (AvgIpc) is 2.76. The maximum atomic E-state index is 13.0. The van der Waals surface area contributed by atoms with E-state index in [-0.39, 0.29) is 17.9 Å². The lowest BCUT2D eigenvalue weighted by Gasteiger charge is -2.34. The number of hydrogen-bond donors (Lipinski definition) is 1. The van der Waals surface area contributed by atoms with Gasteiger partial charge in [0.2, 0.25) is 0 Å². The first-order valence-corrected chi connectivity index (χ1v) is 11.9. The van der Waals surface area contributed by atoms with Crippen LogP contribution in [0.1, 0.15) is 49.0 Å². The number of carbonyl (C=O) groups excluding carboxylic acids is 2. The minimum Gasteiger partial charge on any atom is -0.349 e. The van der Waals surface area contributed by atoms with Crippen molar-refractivity contribution < 1.29 is 9.59 Å². The Bertz CT molecular complexity index is 1050. The van der Waals surface area contributed by atoms with Gasteiger partial charge >= 0.3 is 0 Å². The summed E-state index contributed by atoms with van der Waals surface area (Å²) in [6.07, 6.45) is 5.21. The van der Waals surface area contributed by atoms with Crippen molar-refractivity contribution in [3.63, 3.8) is 0 Å². The predicted molar refractivity (Wildman–Crippen MR) is 129 cm³/mol. The Morgan fingerprint density at radius 1 is 1.19 bits per heavy atom. The Labute approximate surface area is 193 Å². The van der Waals surface area contributed by atoms with Crippen molar-refractivity contribution in [1.82, 2.24) is 5.32 Å². The quantitative estimate of drug-likeness (QED) is 0.578. The Hall–Kier alpha value is -2.24. The maximum Gasteiger partial charge on any atom is 0.264 e. The summed E-state index contributed by atoms with van der Waals surface area (Å²) in [5.41, 5.74) is 2.15. The monoisotopic (exact) mass is 454 g/mol. The number of rotatable bonds is 3. The molecule has 3 atom stereocenters. The molecule has 1 aliphatic carbocycles. The molecular weight excluding hydrogens is 428 g/mol. The number of thioether (sulfide) groups is 1. The van der Waals surface area contributed by atoms with Gasteiger partial charge in [0, 0.05) is 28.6 Å². The van der Waals surface area contributed by atoms with Gasteiger partial charge in [0.05, 0.1) is 10.6 Å². The van der Waals surface area contributed by atoms with Gasteiger partial charge < -0.3 is 10.2 Å². The lowest BCUT2D eigenvalue weighted by Crippen LogP contribution is -2.43. The van der Waals surface area contributed by atoms with Crippen LogP contribution in [0.3, 0.4) is 0 Å². The van der Waals surface area contributed by atoms with Crippen LogP contribution in [-0.2, 0) is 4.79 Å². The molecule has 162 valence electrons. The first kappa shape index (κ1) is 22.0. The summed E-state index contributed by atoms with van der Waals surface area (Å²) in [6, 6.07) is 13.2. The van der Waals surface area contributed by atoms with E-state index in [2.05, 4.69) is 19.2 Å². The molecule has 2 aromatic rings. The van der Waals surface area contributed by atoms with E-state index in [0.717, 1.165) is 29.0 Å². The normalized spacial score (nSPS) is 24.8. The third-order valence-electron chi connectivity index (χ3n) is 6.53. The maximum absolute atomic E-state index is 13.0. The highest BCUT2D eigenvalue weighted by Gasteiger charge is 2.30. The second-order valence-corrected chi connectivity index (χ2v) is 10.0. The van der Waals surface area contributed by atoms with E-state index in [1.54, 1.807) is 11.9 Å². The number of likely N-dealkylation sites (N-methyl/N-ethyl adjacent to an activating group) is 1. The third-order valence-corrected chi connectivity index (χ3v) is 7.95. The molecule has 4 nitrogen and oxygen atoms in total. The summed E-state index contributed by atoms with van der Waals surface area (Å²) in [5.74, 6) is 0.903. The number of nitrogens with one attached hydrogen (secondary N) is 1. The van der Waals surface area contributed by atoms with Crippen molar-refractivity contribution in [3.05, 3.63) is 63.5 Å². The van der Waals surface area contributed by atoms with Crippen molar-refractivity contribution >= 4 is 46.9 Å². The summed E-state index contributed by atoms with van der Waals surface area (Å²) in [4.78, 5) is 29.1. The second-order valence-electron chi connectivity index (χ2n) is 8.53. The molecule has 4 rings (SSSR count). The number of carbonyl (C=O) groups is 2. The lowest BCUT2D eigenvalue weighted by atomic mass is 9.78. The molecule has 2 aromatic carbocycles. The van der Waals surface area contributed by atoms with E-state index in [1.807, 2.05) is 48.5 Å². The van der Waals surface area contributed by atoms with Crippen LogP contribution in [0.5, 0.6) is 0 Å². The van der Waals surface area contributed by atoms with Gasteiger partial charge in [0.25, 0.3) is 11.8 Å². The van der Waals surface area contributed by atoms with Gasteiger partial charge in [-0.25, -0.2) is 0 Å². The molecule has 2 aliphatic rings. The molecule has 0 unspecified atom stereocenters. The van der Waals surface area contributed by atoms with Crippen LogP contribution in [0.25, 0.3) is 6.08 Å². The van der Waals surface area contributed by atoms with Crippen molar-refractivity contribution in [2.24, 2.45) is 11.8 Å². The number of hydrogen-bond acceptors (Lipinski definition) is 3. The van der Waals surface area contributed by atoms with Gasteiger partial charge in [-0.1, -0.05) is 68.3 Å². The molecule has 0 spiro atoms. The fourth-order valence-corrected chi connectivity index (χ4v) is 5.58. The zero-order chi connectivity index (χ0) is 22.1. The Morgan fingerprint density at radius 2 is 1.97 bits per heavy atom. The molecule has 1 heterocycles. The number of anilines is 1. The van der Waals surface area contributed by atoms with Gasteiger partial charge in [-0.3, -0.25) is 9.59 Å². The average molecular weight is 455 g/mol. The molecule has 0 saturated heterocycles. The van der Waals surface area contributed by atoms with Crippen molar-refractivity contribution in [2.45, 2.75) is 44.0 Å². The molecule has 1 saturated carbocycles. The summed E-state index contributed by atoms with van der Waals surface area (Å²) < 4.78 is 0. The van der Waals surface area contributed by atoms with E-state index in [1.165, 1.54) is 18.2 Å². The Morgan fingerprint density at radius 3 is 2.74 bits per heavy atom. The number of benzene rings is 2. The zero-order valence-electron chi connectivity index (χ0n) is 18.0. The van der Waals surface area contributed by atoms with Crippen LogP contribution >= 0.6 is 23.4 Å². The van der Waals surface area contributed by atoms with Crippen LogP contribution in [-0.4, -0.2) is 24.9 Å². The Kier molecular flexibility index (Phi) is 6.44. The van der Waals surface area contributed by atoms with Gasteiger partial charge in [-0.05, 0) is 54.2 Å². The number of halogens is 1. The van der Waals surface area contributed by atoms with Gasteiger partial charge in [0.15, 0.2) is 0 Å². The summed E-state index contributed by atoms with van der Waals surface area (Å²) in [6.45, 7) is 4.48. The van der Waals surface area contributed by atoms with Gasteiger partial charge in [0.1, 0.15) is 0 Å². The van der Waals surface area contributed by atoms with Crippen molar-refractivity contribution in [2.75, 3.05) is 11.9 Å². The topological polar surface area (TPSA) is 49.4 Å². The van der Waals surface area contributed by atoms with Crippen LogP contribution < -0.4 is 10.2 Å². The van der Waals surface area contributed by atoms with E-state index < -0.39 is 0 Å². The molecule has 0 aromatic heterocycles. The standard InChI is InChI=1S/C25H27ClN2O2S/c1-15-7-6-10-20(16(15)2)27-24(29)18-11-12-22-21(13-18)28(3)25(30)23(31-22)14-17-8-4-5-9-19(17)26/h4-5,8-9,11-16,20H,6-7,10H2,1-3H3,(H,27,29)/b23-14-/t15-,16+,20+/m1/s1. The second kappa shape index (κ2) is 9.09. The SMILES string of the molecule is C[C@H]1[C@H](C)CCC[C@@H]1NC(=O)c1ccc2c(c1)N(C)C(=O)/C(=C/c1ccccc1Cl)S2. The van der Waals surface area contributed by atoms with Crippen LogP contribution in [0.15, 0.2) is 52.3 Å². The highest BCUT2D eigenvalue weighted by Crippen LogP contribution is 2.42. The fourth-order valence-electron chi connectivity index (χ4n) is 4.31. The van der Waals surface area contributed by atoms with Crippen LogP contribution in [0, 0.1) is 11.8 Å². The molecule has 2 amide bonds. The smallest absolute Gasteiger partial charge is 0.264 e. The molecular formula is C25H27ClN2O2S. The zero-order valence-corrected chi connectivity index (χ0v) is 19.6. The van der Waals surface area contributed by atoms with Crippen molar-refractivity contribution in [1.29, 1.82) is 0 Å². The highest BCUT2D eigenvalue weighted by molar-refractivity contribution is 8.04. The molecule has 0 bridgehead atoms. The molecule has 6 heteroatoms. The first-order valence-electron chi connectivity index (χ1n) is 10.7. The lowest BCUT2D eigenvalue weighted by molar-refractivity contribution is -0.114. The number of nitrogens with zero attached hydrogens (tertiary/aromatic N) is 1. The molecule has 0 radical (unpaired) electrons. The predicted octanol–water partition coefficient (Wildman–Crippen LogP) is 6.00. The minimum atomic E-state index is -0.107. The van der Waals surface area contributed by atoms with Gasteiger partial charge in [-0.15, -0.1) is 0 Å². The van der Waals surface area contributed by atoms with E-state index >= 15 is 0 Å². The van der Waals surface area contributed by atoms with E-state index in [9.17, 15) is 9.59 Å². The summed E-state index contributed by atoms with van der Waals surface area (Å²) >= 11 is 7.67. The first-order chi connectivity index (χ1) is 14.8. The third kappa shape index (κ3) is 4.53. The highest BCUT2D eigenvalue weighted by atomic mass is 35.5. The van der Waals surface area contributed by atoms with Crippen LogP contribution in [0.2, 0.25) is 5.02 Å². The summed E-state index contributed by atoms with van der Waals surface area (Å²) in [5, 5.41) is 3.83. The number of amides is 2. The van der Waals surface area contributed by atoms with Crippen molar-refractivity contribution in [3.8, 4) is 0 Å². The molecule has 31 heavy (non-hydrogen) atoms. The van der Waals surface area contributed by atoms with Gasteiger partial charge in [-0.2, -0.15) is 0 Å². The largest absolute Gasteiger partial charge is 0.349 e. The minimum absolute atomic E-state index is 0.0722. The van der Waals surface area contributed by atoms with E-state index in [4.69, 9.17) is 11.6 Å². The Balaban J connectivity index is 1.56. The van der Waals surface area contributed by atoms with E-state index in [0.29, 0.717) is 27.3 Å². The molecule has 1 fully saturated rings. The number of fused-ring (bicyclic) bond motifs is 1. The molecule has 1 N–H and O–H groups in total. The molecule has 1 aliphatic heterocycles.